The van der Waals surface area contributed by atoms with Crippen LogP contribution in [0.2, 0.25) is 0 Å². The number of hydrogen-bond donors (Lipinski definition) is 0. The van der Waals surface area contributed by atoms with Crippen molar-refractivity contribution in [3.8, 4) is 23.0 Å². The molecule has 59 heavy (non-hydrogen) atoms. The Morgan fingerprint density at radius 3 is 1.00 bits per heavy atom. The fourth-order valence-corrected chi connectivity index (χ4v) is 7.81. The van der Waals surface area contributed by atoms with Crippen molar-refractivity contribution in [2.75, 3.05) is 64.4 Å². The average molecular weight is 803 g/mol. The van der Waals surface area contributed by atoms with Crippen LogP contribution in [0.1, 0.15) is 138 Å². The van der Waals surface area contributed by atoms with Gasteiger partial charge in [-0.15, -0.1) is 0 Å². The second-order valence-electron chi connectivity index (χ2n) is 15.5. The molecule has 0 bridgehead atoms. The van der Waals surface area contributed by atoms with Gasteiger partial charge in [0, 0.05) is 55.1 Å². The summed E-state index contributed by atoms with van der Waals surface area (Å²) < 4.78 is 23.9. The van der Waals surface area contributed by atoms with Gasteiger partial charge in [-0.1, -0.05) is 127 Å². The van der Waals surface area contributed by atoms with Crippen LogP contribution in [0.3, 0.4) is 0 Å². The zero-order valence-corrected chi connectivity index (χ0v) is 37.8. The highest BCUT2D eigenvalue weighted by Gasteiger charge is 2.19. The van der Waals surface area contributed by atoms with E-state index < -0.39 is 0 Å². The Morgan fingerprint density at radius 2 is 0.695 bits per heavy atom. The Hall–Kier alpha value is -4.84. The summed E-state index contributed by atoms with van der Waals surface area (Å²) in [7, 11) is 6.83. The first-order valence-electron chi connectivity index (χ1n) is 22.5. The molecule has 4 rings (SSSR count). The highest BCUT2D eigenvalue weighted by Crippen LogP contribution is 2.39. The molecule has 0 saturated heterocycles. The van der Waals surface area contributed by atoms with Crippen molar-refractivity contribution in [3.05, 3.63) is 106 Å². The van der Waals surface area contributed by atoms with Crippen molar-refractivity contribution < 1.29 is 18.9 Å². The molecule has 4 aromatic rings. The summed E-state index contributed by atoms with van der Waals surface area (Å²) in [5.74, 6) is 2.99. The minimum Gasteiger partial charge on any atom is -0.496 e. The predicted octanol–water partition coefficient (Wildman–Crippen LogP) is 14.0. The smallest absolute Gasteiger partial charge is 0.126 e. The van der Waals surface area contributed by atoms with E-state index in [1.54, 1.807) is 28.4 Å². The van der Waals surface area contributed by atoms with Crippen LogP contribution in [0.5, 0.6) is 23.0 Å². The van der Waals surface area contributed by atoms with Gasteiger partial charge in [0.1, 0.15) is 23.0 Å². The minimum atomic E-state index is 0.509. The van der Waals surface area contributed by atoms with Crippen molar-refractivity contribution in [2.45, 2.75) is 111 Å². The largest absolute Gasteiger partial charge is 0.496 e. The van der Waals surface area contributed by atoms with E-state index in [0.717, 1.165) is 82.6 Å². The molecule has 0 aliphatic rings. The third-order valence-corrected chi connectivity index (χ3v) is 11.4. The SMILES string of the molecule is CCCCCCCCN(CC)c1ccc(/C=C/c2cc(OC)c(Cc3c(OC)cc(/C=C/c4ccc(N(CC)CCCCCCCC)cc4)cc3OC)c(OC)c2)cc1. The van der Waals surface area contributed by atoms with Gasteiger partial charge in [-0.3, -0.25) is 0 Å². The highest BCUT2D eigenvalue weighted by atomic mass is 16.5. The van der Waals surface area contributed by atoms with E-state index in [2.05, 4.69) is 135 Å². The summed E-state index contributed by atoms with van der Waals surface area (Å²) >= 11 is 0. The predicted molar refractivity (Wildman–Crippen MR) is 255 cm³/mol. The molecular formula is C53H74N2O4. The Morgan fingerprint density at radius 1 is 0.390 bits per heavy atom. The van der Waals surface area contributed by atoms with Crippen LogP contribution in [0, 0.1) is 0 Å². The van der Waals surface area contributed by atoms with E-state index in [1.165, 1.54) is 88.4 Å². The topological polar surface area (TPSA) is 43.4 Å². The molecule has 0 unspecified atom stereocenters. The normalized spacial score (nSPS) is 11.4. The number of hydrogen-bond acceptors (Lipinski definition) is 6. The third kappa shape index (κ3) is 14.7. The molecule has 320 valence electrons. The average Bonchev–Trinajstić information content (AvgIpc) is 3.28. The molecule has 0 atom stereocenters. The number of rotatable bonds is 28. The van der Waals surface area contributed by atoms with Gasteiger partial charge in [0.2, 0.25) is 0 Å². The molecule has 0 aliphatic heterocycles. The molecule has 0 radical (unpaired) electrons. The monoisotopic (exact) mass is 803 g/mol. The minimum absolute atomic E-state index is 0.509. The second kappa shape index (κ2) is 26.3. The zero-order chi connectivity index (χ0) is 42.2. The van der Waals surface area contributed by atoms with Crippen LogP contribution in [-0.2, 0) is 6.42 Å². The van der Waals surface area contributed by atoms with Crippen molar-refractivity contribution in [3.63, 3.8) is 0 Å². The molecule has 0 amide bonds. The fraction of sp³-hybridized carbons (Fsp3) is 0.472. The number of anilines is 2. The molecule has 0 N–H and O–H groups in total. The van der Waals surface area contributed by atoms with E-state index >= 15 is 0 Å². The van der Waals surface area contributed by atoms with Gasteiger partial charge in [-0.2, -0.15) is 0 Å². The number of benzene rings is 4. The summed E-state index contributed by atoms with van der Waals surface area (Å²) in [6.45, 7) is 13.3. The second-order valence-corrected chi connectivity index (χ2v) is 15.5. The highest BCUT2D eigenvalue weighted by molar-refractivity contribution is 5.75. The molecule has 4 aromatic carbocycles. The first kappa shape index (κ1) is 46.8. The molecule has 0 fully saturated rings. The molecule has 0 aromatic heterocycles. The Labute approximate surface area is 358 Å². The van der Waals surface area contributed by atoms with Crippen LogP contribution in [-0.4, -0.2) is 54.6 Å². The van der Waals surface area contributed by atoms with Crippen LogP contribution in [0.4, 0.5) is 11.4 Å². The number of ether oxygens (including phenoxy) is 4. The molecule has 0 aliphatic carbocycles. The van der Waals surface area contributed by atoms with E-state index in [9.17, 15) is 0 Å². The lowest BCUT2D eigenvalue weighted by Crippen LogP contribution is -2.23. The van der Waals surface area contributed by atoms with Gasteiger partial charge in [0.25, 0.3) is 0 Å². The first-order valence-corrected chi connectivity index (χ1v) is 22.5. The van der Waals surface area contributed by atoms with E-state index in [4.69, 9.17) is 18.9 Å². The summed E-state index contributed by atoms with van der Waals surface area (Å²) in [5.41, 5.74) is 8.71. The summed E-state index contributed by atoms with van der Waals surface area (Å²) in [4.78, 5) is 4.96. The Kier molecular flexibility index (Phi) is 20.9. The number of methoxy groups -OCH3 is 4. The fourth-order valence-electron chi connectivity index (χ4n) is 7.81. The van der Waals surface area contributed by atoms with Crippen LogP contribution in [0.15, 0.2) is 72.8 Å². The van der Waals surface area contributed by atoms with Crippen LogP contribution < -0.4 is 28.7 Å². The molecule has 6 nitrogen and oxygen atoms in total. The Balaban J connectivity index is 1.45. The zero-order valence-electron chi connectivity index (χ0n) is 37.8. The van der Waals surface area contributed by atoms with Gasteiger partial charge in [0.05, 0.1) is 28.4 Å². The maximum atomic E-state index is 5.98. The van der Waals surface area contributed by atoms with Crippen molar-refractivity contribution in [1.82, 2.24) is 0 Å². The molecule has 0 spiro atoms. The number of nitrogens with zero attached hydrogens (tertiary/aromatic N) is 2. The molecule has 6 heteroatoms. The van der Waals surface area contributed by atoms with E-state index in [-0.39, 0.29) is 0 Å². The van der Waals surface area contributed by atoms with Crippen molar-refractivity contribution in [2.24, 2.45) is 0 Å². The van der Waals surface area contributed by atoms with Crippen LogP contribution >= 0.6 is 0 Å². The van der Waals surface area contributed by atoms with E-state index in [0.29, 0.717) is 6.42 Å². The summed E-state index contributed by atoms with van der Waals surface area (Å²) in [6.07, 6.45) is 24.8. The van der Waals surface area contributed by atoms with Gasteiger partial charge < -0.3 is 28.7 Å². The van der Waals surface area contributed by atoms with Gasteiger partial charge in [-0.05, 0) is 97.5 Å². The molecule has 0 saturated carbocycles. The standard InChI is InChI=1S/C53H74N2O4/c1-9-13-15-17-19-21-35-54(11-3)46-31-27-42(28-32-46)23-25-44-37-50(56-5)48(51(38-44)57-6)41-49-52(58-7)39-45(40-53(49)59-8)26-24-43-29-33-47(34-30-43)55(12-4)36-22-20-18-16-14-10-2/h23-34,37-40H,9-22,35-36,41H2,1-8H3/b25-23+,26-24+. The molecule has 0 heterocycles. The lowest BCUT2D eigenvalue weighted by Gasteiger charge is -2.23. The van der Waals surface area contributed by atoms with E-state index in [1.807, 2.05) is 0 Å². The summed E-state index contributed by atoms with van der Waals surface area (Å²) in [6, 6.07) is 26.0. The Bertz CT molecular complexity index is 1660. The summed E-state index contributed by atoms with van der Waals surface area (Å²) in [5, 5.41) is 0. The van der Waals surface area contributed by atoms with Crippen LogP contribution in [0.25, 0.3) is 24.3 Å². The lowest BCUT2D eigenvalue weighted by atomic mass is 9.97. The van der Waals surface area contributed by atoms with Gasteiger partial charge >= 0.3 is 0 Å². The maximum Gasteiger partial charge on any atom is 0.126 e. The number of unbranched alkanes of at least 4 members (excludes halogenated alkanes) is 10. The van der Waals surface area contributed by atoms with Gasteiger partial charge in [-0.25, -0.2) is 0 Å². The molecular weight excluding hydrogens is 729 g/mol. The first-order chi connectivity index (χ1) is 28.9. The third-order valence-electron chi connectivity index (χ3n) is 11.4. The lowest BCUT2D eigenvalue weighted by molar-refractivity contribution is 0.377. The van der Waals surface area contributed by atoms with Gasteiger partial charge in [0.15, 0.2) is 0 Å². The quantitative estimate of drug-likeness (QED) is 0.0421. The van der Waals surface area contributed by atoms with Crippen molar-refractivity contribution >= 4 is 35.7 Å². The maximum absolute atomic E-state index is 5.98. The van der Waals surface area contributed by atoms with Crippen molar-refractivity contribution in [1.29, 1.82) is 0 Å².